The Balaban J connectivity index is 1.51. The fourth-order valence-electron chi connectivity index (χ4n) is 3.71. The minimum atomic E-state index is -3.34. The molecule has 0 radical (unpaired) electrons. The summed E-state index contributed by atoms with van der Waals surface area (Å²) in [7, 11) is -3.34. The van der Waals surface area contributed by atoms with Crippen LogP contribution in [0.4, 0.5) is 5.82 Å². The fraction of sp³-hybridized carbons (Fsp3) is 0.625. The number of fused-ring (bicyclic) bond motifs is 1. The van der Waals surface area contributed by atoms with Crippen LogP contribution in [0.2, 0.25) is 0 Å². The molecule has 2 aliphatic heterocycles. The zero-order chi connectivity index (χ0) is 17.3. The van der Waals surface area contributed by atoms with Crippen LogP contribution in [0.25, 0.3) is 11.0 Å². The van der Waals surface area contributed by atoms with E-state index in [0.29, 0.717) is 32.7 Å². The van der Waals surface area contributed by atoms with Gasteiger partial charge in [0.25, 0.3) is 10.2 Å². The second kappa shape index (κ2) is 6.89. The van der Waals surface area contributed by atoms with Gasteiger partial charge in [-0.2, -0.15) is 17.0 Å². The van der Waals surface area contributed by atoms with Gasteiger partial charge < -0.3 is 9.88 Å². The number of piperidine rings is 1. The third kappa shape index (κ3) is 3.23. The quantitative estimate of drug-likeness (QED) is 0.885. The van der Waals surface area contributed by atoms with Gasteiger partial charge in [-0.1, -0.05) is 6.42 Å². The van der Waals surface area contributed by atoms with E-state index in [0.717, 1.165) is 49.1 Å². The molecule has 4 heterocycles. The molecule has 0 aliphatic carbocycles. The van der Waals surface area contributed by atoms with E-state index in [1.807, 2.05) is 12.3 Å². The number of nitrogens with one attached hydrogen (secondary N) is 1. The number of nitrogens with zero attached hydrogens (tertiary/aromatic N) is 5. The van der Waals surface area contributed by atoms with Crippen molar-refractivity contribution in [1.29, 1.82) is 0 Å². The smallest absolute Gasteiger partial charge is 0.282 e. The van der Waals surface area contributed by atoms with Gasteiger partial charge in [0.1, 0.15) is 17.8 Å². The van der Waals surface area contributed by atoms with E-state index in [2.05, 4.69) is 19.9 Å². The molecule has 1 N–H and O–H groups in total. The Bertz CT molecular complexity index is 830. The van der Waals surface area contributed by atoms with Crippen molar-refractivity contribution in [3.05, 3.63) is 18.6 Å². The average molecular weight is 364 g/mol. The SMILES string of the molecule is O=S(=O)(N1CCCCC1)N1CCCN(c2ncnc3[nH]ccc23)CC1. The molecule has 2 aliphatic rings. The van der Waals surface area contributed by atoms with Crippen molar-refractivity contribution in [1.82, 2.24) is 23.6 Å². The van der Waals surface area contributed by atoms with Crippen LogP contribution < -0.4 is 4.90 Å². The van der Waals surface area contributed by atoms with E-state index >= 15 is 0 Å². The molecule has 4 rings (SSSR count). The van der Waals surface area contributed by atoms with Gasteiger partial charge in [0.05, 0.1) is 5.39 Å². The Morgan fingerprint density at radius 2 is 1.64 bits per heavy atom. The highest BCUT2D eigenvalue weighted by Gasteiger charge is 2.32. The second-order valence-electron chi connectivity index (χ2n) is 6.64. The molecule has 8 nitrogen and oxygen atoms in total. The van der Waals surface area contributed by atoms with Crippen LogP contribution in [-0.2, 0) is 10.2 Å². The van der Waals surface area contributed by atoms with E-state index in [-0.39, 0.29) is 0 Å². The summed E-state index contributed by atoms with van der Waals surface area (Å²) in [6.07, 6.45) is 7.26. The highest BCUT2D eigenvalue weighted by atomic mass is 32.2. The van der Waals surface area contributed by atoms with Gasteiger partial charge >= 0.3 is 0 Å². The fourth-order valence-corrected chi connectivity index (χ4v) is 5.42. The van der Waals surface area contributed by atoms with Gasteiger partial charge in [0, 0.05) is 45.5 Å². The van der Waals surface area contributed by atoms with Crippen LogP contribution in [0.15, 0.2) is 18.6 Å². The van der Waals surface area contributed by atoms with Crippen molar-refractivity contribution in [3.8, 4) is 0 Å². The Morgan fingerprint density at radius 1 is 0.880 bits per heavy atom. The number of hydrogen-bond acceptors (Lipinski definition) is 5. The topological polar surface area (TPSA) is 85.4 Å². The monoisotopic (exact) mass is 364 g/mol. The van der Waals surface area contributed by atoms with E-state index in [1.165, 1.54) is 0 Å². The molecule has 0 atom stereocenters. The molecule has 25 heavy (non-hydrogen) atoms. The van der Waals surface area contributed by atoms with E-state index in [4.69, 9.17) is 0 Å². The highest BCUT2D eigenvalue weighted by Crippen LogP contribution is 2.24. The van der Waals surface area contributed by atoms with Crippen molar-refractivity contribution in [2.75, 3.05) is 44.2 Å². The molecular weight excluding hydrogens is 340 g/mol. The summed E-state index contributed by atoms with van der Waals surface area (Å²) < 4.78 is 29.1. The molecule has 0 bridgehead atoms. The van der Waals surface area contributed by atoms with Crippen LogP contribution in [0.3, 0.4) is 0 Å². The zero-order valence-electron chi connectivity index (χ0n) is 14.3. The number of hydrogen-bond donors (Lipinski definition) is 1. The third-order valence-corrected chi connectivity index (χ3v) is 7.09. The zero-order valence-corrected chi connectivity index (χ0v) is 15.1. The van der Waals surface area contributed by atoms with Crippen LogP contribution in [-0.4, -0.2) is 71.2 Å². The first-order valence-corrected chi connectivity index (χ1v) is 10.3. The van der Waals surface area contributed by atoms with Crippen LogP contribution in [0.5, 0.6) is 0 Å². The largest absolute Gasteiger partial charge is 0.355 e. The number of rotatable bonds is 3. The second-order valence-corrected chi connectivity index (χ2v) is 8.57. The van der Waals surface area contributed by atoms with Gasteiger partial charge in [0.15, 0.2) is 0 Å². The predicted molar refractivity (Wildman–Crippen MR) is 96.6 cm³/mol. The Kier molecular flexibility index (Phi) is 4.61. The Morgan fingerprint density at radius 3 is 2.48 bits per heavy atom. The van der Waals surface area contributed by atoms with Gasteiger partial charge in [0.2, 0.25) is 0 Å². The lowest BCUT2D eigenvalue weighted by molar-refractivity contribution is 0.307. The van der Waals surface area contributed by atoms with Crippen molar-refractivity contribution >= 4 is 27.1 Å². The summed E-state index contributed by atoms with van der Waals surface area (Å²) in [6, 6.07) is 1.97. The van der Waals surface area contributed by atoms with Crippen molar-refractivity contribution < 1.29 is 8.42 Å². The predicted octanol–water partition coefficient (Wildman–Crippen LogP) is 1.20. The molecule has 9 heteroatoms. The van der Waals surface area contributed by atoms with Crippen LogP contribution in [0, 0.1) is 0 Å². The summed E-state index contributed by atoms with van der Waals surface area (Å²) in [4.78, 5) is 13.9. The molecule has 2 aromatic rings. The van der Waals surface area contributed by atoms with Gasteiger partial charge in [-0.05, 0) is 25.3 Å². The number of aromatic amines is 1. The maximum Gasteiger partial charge on any atom is 0.282 e. The molecule has 2 fully saturated rings. The molecule has 2 saturated heterocycles. The van der Waals surface area contributed by atoms with E-state index < -0.39 is 10.2 Å². The first kappa shape index (κ1) is 16.7. The van der Waals surface area contributed by atoms with Crippen LogP contribution in [0.1, 0.15) is 25.7 Å². The first-order valence-electron chi connectivity index (χ1n) is 8.94. The first-order chi connectivity index (χ1) is 12.2. The van der Waals surface area contributed by atoms with Gasteiger partial charge in [-0.15, -0.1) is 0 Å². The lowest BCUT2D eigenvalue weighted by atomic mass is 10.2. The van der Waals surface area contributed by atoms with Crippen molar-refractivity contribution in [2.24, 2.45) is 0 Å². The van der Waals surface area contributed by atoms with Crippen LogP contribution >= 0.6 is 0 Å². The standard InChI is InChI=1S/C16H24N6O2S/c23-25(24,21-8-2-1-3-9-21)22-10-4-7-20(11-12-22)16-14-5-6-17-15(14)18-13-19-16/h5-6,13H,1-4,7-12H2,(H,17,18,19). The van der Waals surface area contributed by atoms with E-state index in [9.17, 15) is 8.42 Å². The molecule has 0 amide bonds. The van der Waals surface area contributed by atoms with Gasteiger partial charge in [-0.25, -0.2) is 9.97 Å². The van der Waals surface area contributed by atoms with Crippen molar-refractivity contribution in [2.45, 2.75) is 25.7 Å². The van der Waals surface area contributed by atoms with E-state index in [1.54, 1.807) is 14.9 Å². The summed E-state index contributed by atoms with van der Waals surface area (Å²) >= 11 is 0. The lowest BCUT2D eigenvalue weighted by Crippen LogP contribution is -2.47. The molecule has 0 saturated carbocycles. The maximum atomic E-state index is 12.9. The molecule has 136 valence electrons. The lowest BCUT2D eigenvalue weighted by Gasteiger charge is -2.31. The van der Waals surface area contributed by atoms with Crippen molar-refractivity contribution in [3.63, 3.8) is 0 Å². The normalized spacial score (nSPS) is 21.5. The summed E-state index contributed by atoms with van der Waals surface area (Å²) in [5.74, 6) is 0.878. The summed E-state index contributed by atoms with van der Waals surface area (Å²) in [5.41, 5.74) is 0.812. The molecule has 0 unspecified atom stereocenters. The minimum Gasteiger partial charge on any atom is -0.355 e. The average Bonchev–Trinajstić information content (AvgIpc) is 2.98. The highest BCUT2D eigenvalue weighted by molar-refractivity contribution is 7.86. The minimum absolute atomic E-state index is 0.495. The molecule has 0 spiro atoms. The maximum absolute atomic E-state index is 12.9. The summed E-state index contributed by atoms with van der Waals surface area (Å²) in [6.45, 7) is 3.80. The molecule has 0 aromatic carbocycles. The number of H-pyrrole nitrogens is 1. The third-order valence-electron chi connectivity index (χ3n) is 5.05. The number of anilines is 1. The number of aromatic nitrogens is 3. The van der Waals surface area contributed by atoms with Gasteiger partial charge in [-0.3, -0.25) is 0 Å². The Hall–Kier alpha value is -1.71. The Labute approximate surface area is 148 Å². The molecular formula is C16H24N6O2S. The summed E-state index contributed by atoms with van der Waals surface area (Å²) in [5, 5.41) is 0.981. The molecule has 2 aromatic heterocycles.